The molecule has 0 saturated carbocycles. The summed E-state index contributed by atoms with van der Waals surface area (Å²) in [6, 6.07) is 11.1. The van der Waals surface area contributed by atoms with Gasteiger partial charge in [-0.2, -0.15) is 0 Å². The van der Waals surface area contributed by atoms with Crippen molar-refractivity contribution < 1.29 is 9.59 Å². The summed E-state index contributed by atoms with van der Waals surface area (Å²) in [4.78, 5) is 29.8. The number of aromatic nitrogens is 4. The molecule has 160 valence electrons. The highest BCUT2D eigenvalue weighted by atomic mass is 32.2. The number of fused-ring (bicyclic) bond motifs is 1. The fraction of sp³-hybridized carbons (Fsp3) is 0.250. The lowest BCUT2D eigenvalue weighted by Gasteiger charge is -2.14. The van der Waals surface area contributed by atoms with E-state index in [1.165, 1.54) is 34.4 Å². The fourth-order valence-electron chi connectivity index (χ4n) is 2.98. The second kappa shape index (κ2) is 9.58. The van der Waals surface area contributed by atoms with Gasteiger partial charge < -0.3 is 15.2 Å². The summed E-state index contributed by atoms with van der Waals surface area (Å²) in [5.74, 6) is 0.540. The van der Waals surface area contributed by atoms with Crippen LogP contribution in [0.15, 0.2) is 46.9 Å². The number of benzene rings is 1. The zero-order valence-electron chi connectivity index (χ0n) is 16.9. The Morgan fingerprint density at radius 2 is 2.03 bits per heavy atom. The van der Waals surface area contributed by atoms with Gasteiger partial charge in [0.15, 0.2) is 16.1 Å². The van der Waals surface area contributed by atoms with Crippen molar-refractivity contribution in [1.82, 2.24) is 25.1 Å². The number of carbonyl (C=O) groups excluding carboxylic acids is 2. The van der Waals surface area contributed by atoms with Gasteiger partial charge in [0.2, 0.25) is 5.91 Å². The third-order valence-corrected chi connectivity index (χ3v) is 7.20. The maximum absolute atomic E-state index is 12.4. The molecular weight excluding hydrogens is 452 g/mol. The number of thioether (sulfide) groups is 1. The number of hydrogen-bond acceptors (Lipinski definition) is 8. The lowest BCUT2D eigenvalue weighted by atomic mass is 10.3. The van der Waals surface area contributed by atoms with Crippen LogP contribution in [0.4, 0.5) is 5.13 Å². The van der Waals surface area contributed by atoms with Crippen LogP contribution in [0, 0.1) is 0 Å². The SMILES string of the molecule is CCn1c(SCC(=O)Nc2nc3ccccc3s2)nnc1C(C)NC(=O)c1cccs1. The van der Waals surface area contributed by atoms with Gasteiger partial charge in [-0.25, -0.2) is 4.98 Å². The minimum Gasteiger partial charge on any atom is -0.342 e. The molecular formula is C20H20N6O2S3. The summed E-state index contributed by atoms with van der Waals surface area (Å²) < 4.78 is 2.94. The number of amides is 2. The normalized spacial score (nSPS) is 12.1. The Balaban J connectivity index is 1.37. The van der Waals surface area contributed by atoms with E-state index in [2.05, 4.69) is 25.8 Å². The zero-order valence-corrected chi connectivity index (χ0v) is 19.3. The smallest absolute Gasteiger partial charge is 0.261 e. The van der Waals surface area contributed by atoms with Crippen LogP contribution in [0.25, 0.3) is 10.2 Å². The van der Waals surface area contributed by atoms with Crippen molar-refractivity contribution in [3.63, 3.8) is 0 Å². The molecule has 1 aromatic carbocycles. The number of nitrogens with zero attached hydrogens (tertiary/aromatic N) is 4. The van der Waals surface area contributed by atoms with E-state index in [0.717, 1.165) is 10.2 Å². The van der Waals surface area contributed by atoms with E-state index >= 15 is 0 Å². The number of anilines is 1. The molecule has 0 aliphatic rings. The molecule has 2 N–H and O–H groups in total. The van der Waals surface area contributed by atoms with Gasteiger partial charge in [-0.05, 0) is 37.4 Å². The Morgan fingerprint density at radius 1 is 1.19 bits per heavy atom. The highest BCUT2D eigenvalue weighted by Gasteiger charge is 2.20. The molecule has 0 radical (unpaired) electrons. The van der Waals surface area contributed by atoms with E-state index in [-0.39, 0.29) is 23.6 Å². The predicted octanol–water partition coefficient (Wildman–Crippen LogP) is 4.19. The molecule has 4 rings (SSSR count). The van der Waals surface area contributed by atoms with Crippen LogP contribution in [0.1, 0.15) is 35.4 Å². The predicted molar refractivity (Wildman–Crippen MR) is 125 cm³/mol. The van der Waals surface area contributed by atoms with Crippen LogP contribution in [0.3, 0.4) is 0 Å². The fourth-order valence-corrected chi connectivity index (χ4v) is 5.29. The third-order valence-electron chi connectivity index (χ3n) is 4.41. The molecule has 0 spiro atoms. The first-order valence-electron chi connectivity index (χ1n) is 9.61. The Kier molecular flexibility index (Phi) is 6.64. The Bertz CT molecular complexity index is 1170. The average Bonchev–Trinajstić information content (AvgIpc) is 3.50. The molecule has 0 fully saturated rings. The molecule has 3 heterocycles. The van der Waals surface area contributed by atoms with Gasteiger partial charge in [0.25, 0.3) is 5.91 Å². The Hall–Kier alpha value is -2.76. The molecule has 8 nitrogen and oxygen atoms in total. The summed E-state index contributed by atoms with van der Waals surface area (Å²) in [6.07, 6.45) is 0. The molecule has 3 aromatic heterocycles. The van der Waals surface area contributed by atoms with Crippen molar-refractivity contribution in [3.8, 4) is 0 Å². The number of hydrogen-bond donors (Lipinski definition) is 2. The van der Waals surface area contributed by atoms with E-state index in [0.29, 0.717) is 27.5 Å². The van der Waals surface area contributed by atoms with E-state index < -0.39 is 0 Å². The first-order chi connectivity index (χ1) is 15.0. The molecule has 1 unspecified atom stereocenters. The second-order valence-electron chi connectivity index (χ2n) is 6.58. The molecule has 0 aliphatic carbocycles. The summed E-state index contributed by atoms with van der Waals surface area (Å²) in [5, 5.41) is 17.3. The molecule has 0 saturated heterocycles. The molecule has 2 amide bonds. The number of thiazole rings is 1. The number of rotatable bonds is 8. The second-order valence-corrected chi connectivity index (χ2v) is 9.50. The maximum Gasteiger partial charge on any atom is 0.261 e. The number of carbonyl (C=O) groups is 2. The van der Waals surface area contributed by atoms with E-state index in [4.69, 9.17) is 0 Å². The van der Waals surface area contributed by atoms with Crippen LogP contribution in [0.5, 0.6) is 0 Å². The molecule has 1 atom stereocenters. The van der Waals surface area contributed by atoms with Crippen molar-refractivity contribution in [2.24, 2.45) is 0 Å². The molecule has 0 aliphatic heterocycles. The molecule has 4 aromatic rings. The van der Waals surface area contributed by atoms with Gasteiger partial charge in [0, 0.05) is 6.54 Å². The lowest BCUT2D eigenvalue weighted by Crippen LogP contribution is -2.28. The topological polar surface area (TPSA) is 102 Å². The van der Waals surface area contributed by atoms with Crippen molar-refractivity contribution in [1.29, 1.82) is 0 Å². The van der Waals surface area contributed by atoms with E-state index in [9.17, 15) is 9.59 Å². The maximum atomic E-state index is 12.4. The van der Waals surface area contributed by atoms with Gasteiger partial charge in [0.1, 0.15) is 0 Å². The summed E-state index contributed by atoms with van der Waals surface area (Å²) in [6.45, 7) is 4.48. The number of para-hydroxylation sites is 1. The summed E-state index contributed by atoms with van der Waals surface area (Å²) in [7, 11) is 0. The standard InChI is InChI=1S/C20H20N6O2S3/c1-3-26-17(12(2)21-18(28)15-9-6-10-29-15)24-25-20(26)30-11-16(27)23-19-22-13-7-4-5-8-14(13)31-19/h4-10,12H,3,11H2,1-2H3,(H,21,28)(H,22,23,27). The molecule has 31 heavy (non-hydrogen) atoms. The van der Waals surface area contributed by atoms with Gasteiger partial charge in [0.05, 0.1) is 26.9 Å². The van der Waals surface area contributed by atoms with Crippen molar-refractivity contribution in [2.45, 2.75) is 31.6 Å². The minimum absolute atomic E-state index is 0.141. The lowest BCUT2D eigenvalue weighted by molar-refractivity contribution is -0.113. The third kappa shape index (κ3) is 4.94. The summed E-state index contributed by atoms with van der Waals surface area (Å²) >= 11 is 4.14. The van der Waals surface area contributed by atoms with Gasteiger partial charge in [-0.15, -0.1) is 21.5 Å². The van der Waals surface area contributed by atoms with Crippen LogP contribution in [-0.4, -0.2) is 37.3 Å². The summed E-state index contributed by atoms with van der Waals surface area (Å²) in [5.41, 5.74) is 0.865. The van der Waals surface area contributed by atoms with E-state index in [1.807, 2.05) is 54.1 Å². The number of nitrogens with one attached hydrogen (secondary N) is 2. The van der Waals surface area contributed by atoms with Crippen LogP contribution in [0.2, 0.25) is 0 Å². The van der Waals surface area contributed by atoms with Crippen molar-refractivity contribution >= 4 is 61.6 Å². The monoisotopic (exact) mass is 472 g/mol. The van der Waals surface area contributed by atoms with E-state index in [1.54, 1.807) is 6.07 Å². The first-order valence-corrected chi connectivity index (χ1v) is 12.3. The van der Waals surface area contributed by atoms with Gasteiger partial charge >= 0.3 is 0 Å². The van der Waals surface area contributed by atoms with Gasteiger partial charge in [-0.3, -0.25) is 9.59 Å². The first kappa shape index (κ1) is 21.5. The highest BCUT2D eigenvalue weighted by Crippen LogP contribution is 2.26. The molecule has 0 bridgehead atoms. The minimum atomic E-state index is -0.312. The van der Waals surface area contributed by atoms with Crippen molar-refractivity contribution in [2.75, 3.05) is 11.1 Å². The highest BCUT2D eigenvalue weighted by molar-refractivity contribution is 7.99. The average molecular weight is 473 g/mol. The molecule has 11 heteroatoms. The quantitative estimate of drug-likeness (QED) is 0.373. The van der Waals surface area contributed by atoms with Gasteiger partial charge in [-0.1, -0.05) is 41.3 Å². The Labute approximate surface area is 191 Å². The van der Waals surface area contributed by atoms with Crippen LogP contribution in [-0.2, 0) is 11.3 Å². The van der Waals surface area contributed by atoms with Crippen LogP contribution < -0.4 is 10.6 Å². The number of thiophene rings is 1. The Morgan fingerprint density at radius 3 is 2.77 bits per heavy atom. The van der Waals surface area contributed by atoms with Crippen LogP contribution >= 0.6 is 34.4 Å². The van der Waals surface area contributed by atoms with Crippen molar-refractivity contribution in [3.05, 3.63) is 52.5 Å². The largest absolute Gasteiger partial charge is 0.342 e. The zero-order chi connectivity index (χ0) is 21.8.